The molecule has 206 valence electrons. The van der Waals surface area contributed by atoms with Crippen LogP contribution in [0.15, 0.2) is 30.5 Å². The fraction of sp³-hybridized carbons (Fsp3) is 0.480. The molecule has 1 aliphatic rings. The molecule has 12 nitrogen and oxygen atoms in total. The van der Waals surface area contributed by atoms with Crippen molar-refractivity contribution in [3.63, 3.8) is 0 Å². The number of thioether (sulfide) groups is 1. The fourth-order valence-corrected chi connectivity index (χ4v) is 5.05. The average Bonchev–Trinajstić information content (AvgIpc) is 3.52. The van der Waals surface area contributed by atoms with Crippen molar-refractivity contribution in [1.29, 1.82) is 0 Å². The van der Waals surface area contributed by atoms with E-state index >= 15 is 0 Å². The summed E-state index contributed by atoms with van der Waals surface area (Å²) in [6, 6.07) is 3.22. The van der Waals surface area contributed by atoms with Gasteiger partial charge >= 0.3 is 5.97 Å². The summed E-state index contributed by atoms with van der Waals surface area (Å²) in [5.74, 6) is -3.13. The molecule has 0 radical (unpaired) electrons. The van der Waals surface area contributed by atoms with Gasteiger partial charge in [-0.15, -0.1) is 0 Å². The lowest BCUT2D eigenvalue weighted by Crippen LogP contribution is -2.57. The molecule has 1 aromatic heterocycles. The Morgan fingerprint density at radius 3 is 2.61 bits per heavy atom. The Bertz CT molecular complexity index is 1190. The second-order valence-corrected chi connectivity index (χ2v) is 10.3. The molecule has 1 aliphatic heterocycles. The number of likely N-dealkylation sites (tertiary alicyclic amines) is 1. The van der Waals surface area contributed by atoms with Crippen LogP contribution in [0.4, 0.5) is 0 Å². The number of rotatable bonds is 13. The van der Waals surface area contributed by atoms with Gasteiger partial charge in [-0.05, 0) is 42.9 Å². The minimum atomic E-state index is -1.17. The van der Waals surface area contributed by atoms with Crippen LogP contribution in [0.5, 0.6) is 0 Å². The highest BCUT2D eigenvalue weighted by molar-refractivity contribution is 7.98. The molecule has 13 heteroatoms. The van der Waals surface area contributed by atoms with Gasteiger partial charge in [0.1, 0.15) is 18.1 Å². The topological polar surface area (TPSA) is 201 Å². The lowest BCUT2D eigenvalue weighted by molar-refractivity contribution is -0.143. The van der Waals surface area contributed by atoms with Gasteiger partial charge in [0, 0.05) is 30.1 Å². The molecular weight excluding hydrogens is 512 g/mol. The molecule has 38 heavy (non-hydrogen) atoms. The number of nitrogens with zero attached hydrogens (tertiary/aromatic N) is 1. The van der Waals surface area contributed by atoms with Crippen molar-refractivity contribution >= 4 is 52.3 Å². The number of carbonyl (C=O) groups excluding carboxylic acids is 4. The minimum Gasteiger partial charge on any atom is -0.480 e. The number of carboxylic acids is 1. The number of aromatic nitrogens is 1. The molecule has 4 amide bonds. The Morgan fingerprint density at radius 1 is 1.18 bits per heavy atom. The maximum Gasteiger partial charge on any atom is 0.326 e. The van der Waals surface area contributed by atoms with Crippen LogP contribution in [0.25, 0.3) is 10.9 Å². The van der Waals surface area contributed by atoms with Crippen LogP contribution in [0.1, 0.15) is 31.2 Å². The highest BCUT2D eigenvalue weighted by Gasteiger charge is 2.38. The Labute approximate surface area is 224 Å². The molecular formula is C25H34N6O6S. The molecule has 0 saturated carbocycles. The van der Waals surface area contributed by atoms with E-state index in [-0.39, 0.29) is 25.8 Å². The van der Waals surface area contributed by atoms with Gasteiger partial charge in [-0.25, -0.2) is 4.79 Å². The Balaban J connectivity index is 1.81. The van der Waals surface area contributed by atoms with Gasteiger partial charge in [0.05, 0.1) is 12.5 Å². The molecule has 3 rings (SSSR count). The minimum absolute atomic E-state index is 0.0955. The summed E-state index contributed by atoms with van der Waals surface area (Å²) in [6.45, 7) is 0.276. The molecule has 4 unspecified atom stereocenters. The number of carboxylic acid groups (broad SMARTS) is 1. The molecule has 4 atom stereocenters. The Morgan fingerprint density at radius 2 is 1.92 bits per heavy atom. The summed E-state index contributed by atoms with van der Waals surface area (Å²) in [4.78, 5) is 66.9. The smallest absolute Gasteiger partial charge is 0.326 e. The Hall–Kier alpha value is -3.58. The monoisotopic (exact) mass is 546 g/mol. The van der Waals surface area contributed by atoms with Crippen molar-refractivity contribution in [2.75, 3.05) is 18.6 Å². The van der Waals surface area contributed by atoms with Gasteiger partial charge < -0.3 is 37.1 Å². The SMILES string of the molecule is CSCCC(NC(=O)C(Cc1c[nH]c2ccccc12)NC(=O)C1CCCN1C(=O)C(N)CC(N)=O)C(=O)O. The third-order valence-electron chi connectivity index (χ3n) is 6.53. The van der Waals surface area contributed by atoms with Gasteiger partial charge in [0.2, 0.25) is 23.6 Å². The first kappa shape index (κ1) is 29.0. The van der Waals surface area contributed by atoms with Crippen molar-refractivity contribution in [3.05, 3.63) is 36.0 Å². The predicted molar refractivity (Wildman–Crippen MR) is 143 cm³/mol. The zero-order chi connectivity index (χ0) is 27.8. The van der Waals surface area contributed by atoms with Crippen molar-refractivity contribution < 1.29 is 29.1 Å². The van der Waals surface area contributed by atoms with Crippen LogP contribution in [0, 0.1) is 0 Å². The Kier molecular flexibility index (Phi) is 10.1. The molecule has 0 spiro atoms. The molecule has 1 saturated heterocycles. The number of H-pyrrole nitrogens is 1. The molecule has 0 aliphatic carbocycles. The highest BCUT2D eigenvalue weighted by Crippen LogP contribution is 2.21. The fourth-order valence-electron chi connectivity index (χ4n) is 4.58. The van der Waals surface area contributed by atoms with Crippen molar-refractivity contribution in [2.45, 2.75) is 56.3 Å². The quantitative estimate of drug-likeness (QED) is 0.197. The lowest BCUT2D eigenvalue weighted by Gasteiger charge is -2.28. The summed E-state index contributed by atoms with van der Waals surface area (Å²) in [5.41, 5.74) is 12.6. The summed E-state index contributed by atoms with van der Waals surface area (Å²) >= 11 is 1.46. The first-order valence-corrected chi connectivity index (χ1v) is 13.7. The first-order chi connectivity index (χ1) is 18.1. The van der Waals surface area contributed by atoms with E-state index in [0.717, 1.165) is 16.5 Å². The third kappa shape index (κ3) is 7.25. The predicted octanol–water partition coefficient (Wildman–Crippen LogP) is -0.289. The average molecular weight is 547 g/mol. The van der Waals surface area contributed by atoms with Gasteiger partial charge in [0.25, 0.3) is 0 Å². The normalized spacial score (nSPS) is 17.5. The summed E-state index contributed by atoms with van der Waals surface area (Å²) in [7, 11) is 0. The van der Waals surface area contributed by atoms with E-state index in [2.05, 4.69) is 15.6 Å². The molecule has 1 aromatic carbocycles. The zero-order valence-corrected chi connectivity index (χ0v) is 22.0. The van der Waals surface area contributed by atoms with Crippen LogP contribution in [0.2, 0.25) is 0 Å². The molecule has 8 N–H and O–H groups in total. The number of aliphatic carboxylic acids is 1. The van der Waals surface area contributed by atoms with Crippen LogP contribution < -0.4 is 22.1 Å². The van der Waals surface area contributed by atoms with E-state index in [1.807, 2.05) is 30.5 Å². The maximum absolute atomic E-state index is 13.4. The number of amides is 4. The van der Waals surface area contributed by atoms with E-state index in [1.54, 1.807) is 6.20 Å². The second kappa shape index (κ2) is 13.3. The maximum atomic E-state index is 13.4. The van der Waals surface area contributed by atoms with E-state index < -0.39 is 53.8 Å². The standard InChI is InChI=1S/C25H34N6O6S/c1-38-10-8-18(25(36)37)29-22(33)19(11-14-13-28-17-6-3-2-5-15(14)17)30-23(34)20-7-4-9-31(20)24(35)16(26)12-21(27)32/h2-3,5-6,13,16,18-20,28H,4,7-12,26H2,1H3,(H2,27,32)(H,29,33)(H,30,34)(H,36,37). The number of hydrogen-bond donors (Lipinski definition) is 6. The molecule has 0 bridgehead atoms. The summed E-state index contributed by atoms with van der Waals surface area (Å²) < 4.78 is 0. The van der Waals surface area contributed by atoms with Crippen LogP contribution in [-0.4, -0.2) is 87.3 Å². The highest BCUT2D eigenvalue weighted by atomic mass is 32.2. The molecule has 2 aromatic rings. The number of nitrogens with two attached hydrogens (primary N) is 2. The van der Waals surface area contributed by atoms with E-state index in [4.69, 9.17) is 11.5 Å². The van der Waals surface area contributed by atoms with Gasteiger partial charge in [0.15, 0.2) is 0 Å². The first-order valence-electron chi connectivity index (χ1n) is 12.3. The van der Waals surface area contributed by atoms with Gasteiger partial charge in [-0.2, -0.15) is 11.8 Å². The largest absolute Gasteiger partial charge is 0.480 e. The number of benzene rings is 1. The number of primary amides is 1. The number of hydrogen-bond acceptors (Lipinski definition) is 7. The molecule has 2 heterocycles. The number of carbonyl (C=O) groups is 5. The zero-order valence-electron chi connectivity index (χ0n) is 21.1. The molecule has 1 fully saturated rings. The van der Waals surface area contributed by atoms with Crippen LogP contribution >= 0.6 is 11.8 Å². The van der Waals surface area contributed by atoms with Crippen molar-refractivity contribution in [1.82, 2.24) is 20.5 Å². The van der Waals surface area contributed by atoms with E-state index in [1.165, 1.54) is 16.7 Å². The van der Waals surface area contributed by atoms with Gasteiger partial charge in [-0.3, -0.25) is 19.2 Å². The van der Waals surface area contributed by atoms with Crippen LogP contribution in [0.3, 0.4) is 0 Å². The summed E-state index contributed by atoms with van der Waals surface area (Å²) in [5, 5.41) is 15.7. The van der Waals surface area contributed by atoms with E-state index in [0.29, 0.717) is 18.6 Å². The third-order valence-corrected chi connectivity index (χ3v) is 7.18. The summed E-state index contributed by atoms with van der Waals surface area (Å²) in [6.07, 6.45) is 4.45. The number of fused-ring (bicyclic) bond motifs is 1. The van der Waals surface area contributed by atoms with Crippen LogP contribution in [-0.2, 0) is 30.4 Å². The van der Waals surface area contributed by atoms with Gasteiger partial charge in [-0.1, -0.05) is 18.2 Å². The number of aromatic amines is 1. The van der Waals surface area contributed by atoms with Crippen molar-refractivity contribution in [2.24, 2.45) is 11.5 Å². The number of nitrogens with one attached hydrogen (secondary N) is 3. The van der Waals surface area contributed by atoms with Crippen molar-refractivity contribution in [3.8, 4) is 0 Å². The second-order valence-electron chi connectivity index (χ2n) is 9.27. The van der Waals surface area contributed by atoms with E-state index in [9.17, 15) is 29.1 Å². The number of para-hydroxylation sites is 1. The lowest BCUT2D eigenvalue weighted by atomic mass is 10.0.